The van der Waals surface area contributed by atoms with Crippen LogP contribution in [0.5, 0.6) is 0 Å². The first-order valence-electron chi connectivity index (χ1n) is 6.28. The summed E-state index contributed by atoms with van der Waals surface area (Å²) < 4.78 is 0.854. The second-order valence-electron chi connectivity index (χ2n) is 4.86. The van der Waals surface area contributed by atoms with Crippen molar-refractivity contribution >= 4 is 33.4 Å². The third-order valence-corrected chi connectivity index (χ3v) is 3.78. The van der Waals surface area contributed by atoms with Crippen molar-refractivity contribution in [1.29, 1.82) is 0 Å². The highest BCUT2D eigenvalue weighted by molar-refractivity contribution is 9.10. The lowest BCUT2D eigenvalue weighted by atomic mass is 9.98. The Hall–Kier alpha value is -1.94. The number of carbonyl (C=O) groups is 2. The van der Waals surface area contributed by atoms with Gasteiger partial charge < -0.3 is 0 Å². The van der Waals surface area contributed by atoms with Crippen LogP contribution in [0.1, 0.15) is 21.5 Å². The van der Waals surface area contributed by atoms with Gasteiger partial charge in [0.05, 0.1) is 12.1 Å². The van der Waals surface area contributed by atoms with Crippen LogP contribution in [0.15, 0.2) is 46.9 Å². The summed E-state index contributed by atoms with van der Waals surface area (Å²) in [6, 6.07) is 12.8. The SMILES string of the molecule is Cc1cc(Br)cc(N2C(=O)Cc3ccccc3C2=O)c1. The van der Waals surface area contributed by atoms with Crippen molar-refractivity contribution < 1.29 is 9.59 Å². The Morgan fingerprint density at radius 2 is 1.85 bits per heavy atom. The van der Waals surface area contributed by atoms with E-state index in [2.05, 4.69) is 15.9 Å². The van der Waals surface area contributed by atoms with Gasteiger partial charge in [0.2, 0.25) is 5.91 Å². The van der Waals surface area contributed by atoms with Crippen molar-refractivity contribution in [2.24, 2.45) is 0 Å². The Bertz CT molecular complexity index is 704. The molecule has 0 bridgehead atoms. The number of benzene rings is 2. The lowest BCUT2D eigenvalue weighted by molar-refractivity contribution is -0.117. The van der Waals surface area contributed by atoms with Crippen LogP contribution >= 0.6 is 15.9 Å². The highest BCUT2D eigenvalue weighted by Gasteiger charge is 2.31. The van der Waals surface area contributed by atoms with Crippen molar-refractivity contribution in [1.82, 2.24) is 0 Å². The summed E-state index contributed by atoms with van der Waals surface area (Å²) in [7, 11) is 0. The number of anilines is 1. The van der Waals surface area contributed by atoms with Crippen LogP contribution < -0.4 is 4.90 Å². The Morgan fingerprint density at radius 3 is 2.60 bits per heavy atom. The Labute approximate surface area is 125 Å². The van der Waals surface area contributed by atoms with Crippen LogP contribution in [0, 0.1) is 6.92 Å². The quantitative estimate of drug-likeness (QED) is 0.751. The molecule has 20 heavy (non-hydrogen) atoms. The molecule has 0 aliphatic carbocycles. The Morgan fingerprint density at radius 1 is 1.10 bits per heavy atom. The van der Waals surface area contributed by atoms with E-state index in [1.807, 2.05) is 37.3 Å². The standard InChI is InChI=1S/C16H12BrNO2/c1-10-6-12(17)9-13(7-10)18-15(19)8-11-4-2-3-5-14(11)16(18)20/h2-7,9H,8H2,1H3. The number of fused-ring (bicyclic) bond motifs is 1. The van der Waals surface area contributed by atoms with E-state index in [1.165, 1.54) is 4.90 Å². The summed E-state index contributed by atoms with van der Waals surface area (Å²) in [6.45, 7) is 1.93. The third-order valence-electron chi connectivity index (χ3n) is 3.33. The van der Waals surface area contributed by atoms with Gasteiger partial charge in [0.25, 0.3) is 5.91 Å². The zero-order chi connectivity index (χ0) is 14.3. The number of hydrogen-bond acceptors (Lipinski definition) is 2. The molecule has 100 valence electrons. The van der Waals surface area contributed by atoms with Gasteiger partial charge in [-0.1, -0.05) is 34.1 Å². The number of rotatable bonds is 1. The van der Waals surface area contributed by atoms with Gasteiger partial charge in [0, 0.05) is 10.0 Å². The first-order valence-corrected chi connectivity index (χ1v) is 7.08. The summed E-state index contributed by atoms with van der Waals surface area (Å²) >= 11 is 3.40. The van der Waals surface area contributed by atoms with Gasteiger partial charge in [-0.3, -0.25) is 9.59 Å². The summed E-state index contributed by atoms with van der Waals surface area (Å²) in [5, 5.41) is 0. The minimum absolute atomic E-state index is 0.189. The summed E-state index contributed by atoms with van der Waals surface area (Å²) in [6.07, 6.45) is 0.257. The molecule has 0 N–H and O–H groups in total. The monoisotopic (exact) mass is 329 g/mol. The predicted molar refractivity (Wildman–Crippen MR) is 80.8 cm³/mol. The summed E-state index contributed by atoms with van der Waals surface area (Å²) in [5.41, 5.74) is 3.01. The van der Waals surface area contributed by atoms with E-state index in [-0.39, 0.29) is 18.2 Å². The van der Waals surface area contributed by atoms with E-state index in [9.17, 15) is 9.59 Å². The molecule has 0 fully saturated rings. The van der Waals surface area contributed by atoms with Gasteiger partial charge in [-0.2, -0.15) is 0 Å². The summed E-state index contributed by atoms with van der Waals surface area (Å²) in [5.74, 6) is -0.444. The molecule has 4 heteroatoms. The van der Waals surface area contributed by atoms with Gasteiger partial charge in [-0.05, 0) is 42.3 Å². The fourth-order valence-corrected chi connectivity index (χ4v) is 3.06. The molecule has 0 saturated carbocycles. The van der Waals surface area contributed by atoms with Gasteiger partial charge in [-0.25, -0.2) is 4.90 Å². The highest BCUT2D eigenvalue weighted by atomic mass is 79.9. The molecule has 0 spiro atoms. The average molecular weight is 330 g/mol. The molecule has 1 aliphatic rings. The number of hydrogen-bond donors (Lipinski definition) is 0. The van der Waals surface area contributed by atoms with E-state index < -0.39 is 0 Å². The third kappa shape index (κ3) is 2.16. The van der Waals surface area contributed by atoms with E-state index in [1.54, 1.807) is 12.1 Å². The van der Waals surface area contributed by atoms with Crippen molar-refractivity contribution in [2.75, 3.05) is 4.90 Å². The minimum atomic E-state index is -0.255. The topological polar surface area (TPSA) is 37.4 Å². The van der Waals surface area contributed by atoms with Gasteiger partial charge in [0.15, 0.2) is 0 Å². The van der Waals surface area contributed by atoms with Crippen LogP contribution in [0.4, 0.5) is 5.69 Å². The predicted octanol–water partition coefficient (Wildman–Crippen LogP) is 3.49. The fourth-order valence-electron chi connectivity index (χ4n) is 2.47. The molecule has 1 aliphatic heterocycles. The fraction of sp³-hybridized carbons (Fsp3) is 0.125. The lowest BCUT2D eigenvalue weighted by Crippen LogP contribution is -2.42. The second kappa shape index (κ2) is 4.87. The van der Waals surface area contributed by atoms with Crippen LogP contribution in [-0.4, -0.2) is 11.8 Å². The number of aryl methyl sites for hydroxylation is 1. The largest absolute Gasteiger partial charge is 0.274 e. The van der Waals surface area contributed by atoms with E-state index in [0.29, 0.717) is 11.3 Å². The zero-order valence-electron chi connectivity index (χ0n) is 10.9. The number of amides is 2. The first kappa shape index (κ1) is 13.1. The maximum Gasteiger partial charge on any atom is 0.265 e. The Kier molecular flexibility index (Phi) is 3.18. The molecule has 3 rings (SSSR count). The van der Waals surface area contributed by atoms with Crippen molar-refractivity contribution in [3.8, 4) is 0 Å². The molecule has 2 aromatic carbocycles. The molecular formula is C16H12BrNO2. The van der Waals surface area contributed by atoms with E-state index >= 15 is 0 Å². The average Bonchev–Trinajstić information content (AvgIpc) is 2.37. The molecule has 2 amide bonds. The maximum absolute atomic E-state index is 12.5. The molecule has 0 radical (unpaired) electrons. The maximum atomic E-state index is 12.5. The molecule has 1 heterocycles. The molecule has 0 atom stereocenters. The van der Waals surface area contributed by atoms with E-state index in [0.717, 1.165) is 15.6 Å². The van der Waals surface area contributed by atoms with Crippen molar-refractivity contribution in [3.05, 3.63) is 63.6 Å². The Balaban J connectivity index is 2.11. The molecule has 0 aromatic heterocycles. The van der Waals surface area contributed by atoms with Gasteiger partial charge >= 0.3 is 0 Å². The zero-order valence-corrected chi connectivity index (χ0v) is 12.5. The molecule has 0 unspecified atom stereocenters. The molecular weight excluding hydrogens is 318 g/mol. The minimum Gasteiger partial charge on any atom is -0.274 e. The van der Waals surface area contributed by atoms with Crippen molar-refractivity contribution in [2.45, 2.75) is 13.3 Å². The van der Waals surface area contributed by atoms with Gasteiger partial charge in [0.1, 0.15) is 0 Å². The van der Waals surface area contributed by atoms with Crippen LogP contribution in [0.2, 0.25) is 0 Å². The molecule has 2 aromatic rings. The van der Waals surface area contributed by atoms with Crippen LogP contribution in [0.3, 0.4) is 0 Å². The van der Waals surface area contributed by atoms with Crippen LogP contribution in [0.25, 0.3) is 0 Å². The number of carbonyl (C=O) groups excluding carboxylic acids is 2. The molecule has 0 saturated heterocycles. The number of imide groups is 1. The van der Waals surface area contributed by atoms with E-state index in [4.69, 9.17) is 0 Å². The first-order chi connectivity index (χ1) is 9.56. The highest BCUT2D eigenvalue weighted by Crippen LogP contribution is 2.28. The number of nitrogens with zero attached hydrogens (tertiary/aromatic N) is 1. The summed E-state index contributed by atoms with van der Waals surface area (Å²) in [4.78, 5) is 26.1. The lowest BCUT2D eigenvalue weighted by Gasteiger charge is -2.27. The smallest absolute Gasteiger partial charge is 0.265 e. The molecule has 3 nitrogen and oxygen atoms in total. The second-order valence-corrected chi connectivity index (χ2v) is 5.77. The normalized spacial score (nSPS) is 14.4. The van der Waals surface area contributed by atoms with Crippen LogP contribution in [-0.2, 0) is 11.2 Å². The number of halogens is 1. The van der Waals surface area contributed by atoms with Gasteiger partial charge in [-0.15, -0.1) is 0 Å². The van der Waals surface area contributed by atoms with Crippen molar-refractivity contribution in [3.63, 3.8) is 0 Å².